The van der Waals surface area contributed by atoms with Gasteiger partial charge in [0.1, 0.15) is 5.75 Å². The molecule has 2 aromatic carbocycles. The van der Waals surface area contributed by atoms with Crippen LogP contribution in [0, 0.1) is 13.8 Å². The molecule has 0 spiro atoms. The summed E-state index contributed by atoms with van der Waals surface area (Å²) >= 11 is 5.26. The van der Waals surface area contributed by atoms with E-state index in [0.29, 0.717) is 0 Å². The van der Waals surface area contributed by atoms with Gasteiger partial charge in [0.15, 0.2) is 0 Å². The van der Waals surface area contributed by atoms with Crippen LogP contribution in [0.2, 0.25) is 0 Å². The smallest absolute Gasteiger partial charge is 0.119 e. The van der Waals surface area contributed by atoms with E-state index in [1.54, 1.807) is 0 Å². The molecule has 0 aliphatic heterocycles. The molecule has 19 heavy (non-hydrogen) atoms. The van der Waals surface area contributed by atoms with Crippen LogP contribution in [0.5, 0.6) is 5.75 Å². The van der Waals surface area contributed by atoms with Gasteiger partial charge < -0.3 is 4.74 Å². The molecule has 0 amide bonds. The Bertz CT molecular complexity index is 537. The molecule has 0 N–H and O–H groups in total. The Morgan fingerprint density at radius 3 is 2.53 bits per heavy atom. The molecule has 2 rings (SSSR count). The summed E-state index contributed by atoms with van der Waals surface area (Å²) in [6, 6.07) is 14.5. The van der Waals surface area contributed by atoms with Crippen LogP contribution < -0.4 is 4.74 Å². The molecular weight excluding hydrogens is 320 g/mol. The molecular formula is C16H17BrOS. The van der Waals surface area contributed by atoms with Gasteiger partial charge in [0.05, 0.1) is 6.61 Å². The highest BCUT2D eigenvalue weighted by Gasteiger charge is 2.00. The zero-order valence-electron chi connectivity index (χ0n) is 11.2. The van der Waals surface area contributed by atoms with Crippen LogP contribution in [-0.2, 0) is 0 Å². The van der Waals surface area contributed by atoms with Crippen molar-refractivity contribution in [3.05, 3.63) is 58.1 Å². The molecule has 0 saturated heterocycles. The number of aryl methyl sites for hydroxylation is 2. The maximum Gasteiger partial charge on any atom is 0.119 e. The molecule has 0 saturated carbocycles. The van der Waals surface area contributed by atoms with Crippen LogP contribution in [0.15, 0.2) is 51.8 Å². The van der Waals surface area contributed by atoms with Crippen molar-refractivity contribution in [2.75, 3.05) is 12.4 Å². The Kier molecular flexibility index (Phi) is 5.34. The van der Waals surface area contributed by atoms with E-state index in [1.165, 1.54) is 16.0 Å². The second kappa shape index (κ2) is 7.01. The first-order valence-electron chi connectivity index (χ1n) is 6.23. The Balaban J connectivity index is 1.80. The third kappa shape index (κ3) is 4.59. The second-order valence-electron chi connectivity index (χ2n) is 4.42. The summed E-state index contributed by atoms with van der Waals surface area (Å²) < 4.78 is 6.78. The van der Waals surface area contributed by atoms with Gasteiger partial charge >= 0.3 is 0 Å². The molecule has 0 radical (unpaired) electrons. The summed E-state index contributed by atoms with van der Waals surface area (Å²) in [6.45, 7) is 5.00. The molecule has 0 atom stereocenters. The quantitative estimate of drug-likeness (QED) is 0.545. The van der Waals surface area contributed by atoms with Gasteiger partial charge in [0.2, 0.25) is 0 Å². The molecule has 0 aliphatic rings. The van der Waals surface area contributed by atoms with E-state index in [2.05, 4.69) is 48.0 Å². The molecule has 100 valence electrons. The van der Waals surface area contributed by atoms with Gasteiger partial charge in [-0.3, -0.25) is 0 Å². The monoisotopic (exact) mass is 336 g/mol. The van der Waals surface area contributed by atoms with Crippen molar-refractivity contribution in [2.24, 2.45) is 0 Å². The maximum absolute atomic E-state index is 5.71. The number of halogens is 1. The van der Waals surface area contributed by atoms with E-state index in [9.17, 15) is 0 Å². The zero-order valence-corrected chi connectivity index (χ0v) is 13.6. The lowest BCUT2D eigenvalue weighted by molar-refractivity contribution is 0.344. The molecule has 2 aromatic rings. The van der Waals surface area contributed by atoms with Crippen molar-refractivity contribution in [1.29, 1.82) is 0 Å². The fourth-order valence-corrected chi connectivity index (χ4v) is 2.92. The van der Waals surface area contributed by atoms with E-state index in [4.69, 9.17) is 4.74 Å². The second-order valence-corrected chi connectivity index (χ2v) is 6.47. The van der Waals surface area contributed by atoms with Crippen molar-refractivity contribution in [3.8, 4) is 5.75 Å². The van der Waals surface area contributed by atoms with E-state index < -0.39 is 0 Å². The van der Waals surface area contributed by atoms with Gasteiger partial charge in [-0.25, -0.2) is 0 Å². The third-order valence-electron chi connectivity index (χ3n) is 2.77. The van der Waals surface area contributed by atoms with Crippen LogP contribution in [0.3, 0.4) is 0 Å². The number of ether oxygens (including phenoxy) is 1. The maximum atomic E-state index is 5.71. The summed E-state index contributed by atoms with van der Waals surface area (Å²) in [4.78, 5) is 1.35. The van der Waals surface area contributed by atoms with Gasteiger partial charge in [0, 0.05) is 15.1 Å². The number of benzene rings is 2. The van der Waals surface area contributed by atoms with Gasteiger partial charge in [-0.15, -0.1) is 11.8 Å². The fourth-order valence-electron chi connectivity index (χ4n) is 1.70. The SMILES string of the molecule is Cc1ccc(C)c(SCCOc2ccc(Br)cc2)c1. The molecule has 0 aromatic heterocycles. The molecule has 0 unspecified atom stereocenters. The summed E-state index contributed by atoms with van der Waals surface area (Å²) in [5.74, 6) is 1.88. The van der Waals surface area contributed by atoms with Gasteiger partial charge in [-0.05, 0) is 49.7 Å². The first-order chi connectivity index (χ1) is 9.15. The van der Waals surface area contributed by atoms with Crippen LogP contribution in [0.25, 0.3) is 0 Å². The lowest BCUT2D eigenvalue weighted by Crippen LogP contribution is -2.00. The number of hydrogen-bond donors (Lipinski definition) is 0. The molecule has 0 aliphatic carbocycles. The predicted octanol–water partition coefficient (Wildman–Crippen LogP) is 5.24. The lowest BCUT2D eigenvalue weighted by atomic mass is 10.2. The van der Waals surface area contributed by atoms with E-state index in [-0.39, 0.29) is 0 Å². The highest BCUT2D eigenvalue weighted by molar-refractivity contribution is 9.10. The minimum absolute atomic E-state index is 0.722. The minimum atomic E-state index is 0.722. The third-order valence-corrected chi connectivity index (χ3v) is 4.42. The largest absolute Gasteiger partial charge is 0.493 e. The highest BCUT2D eigenvalue weighted by Crippen LogP contribution is 2.23. The van der Waals surface area contributed by atoms with Crippen LogP contribution >= 0.6 is 27.7 Å². The highest BCUT2D eigenvalue weighted by atomic mass is 79.9. The topological polar surface area (TPSA) is 9.23 Å². The van der Waals surface area contributed by atoms with Crippen molar-refractivity contribution in [2.45, 2.75) is 18.7 Å². The average Bonchev–Trinajstić information content (AvgIpc) is 2.40. The van der Waals surface area contributed by atoms with E-state index in [0.717, 1.165) is 22.6 Å². The van der Waals surface area contributed by atoms with Crippen molar-refractivity contribution in [3.63, 3.8) is 0 Å². The Morgan fingerprint density at radius 1 is 1.05 bits per heavy atom. The van der Waals surface area contributed by atoms with Crippen molar-refractivity contribution < 1.29 is 4.74 Å². The Hall–Kier alpha value is -0.930. The van der Waals surface area contributed by atoms with E-state index >= 15 is 0 Å². The fraction of sp³-hybridized carbons (Fsp3) is 0.250. The number of thioether (sulfide) groups is 1. The van der Waals surface area contributed by atoms with Gasteiger partial charge in [-0.2, -0.15) is 0 Å². The standard InChI is InChI=1S/C16H17BrOS/c1-12-3-4-13(2)16(11-12)19-10-9-18-15-7-5-14(17)6-8-15/h3-8,11H,9-10H2,1-2H3. The minimum Gasteiger partial charge on any atom is -0.493 e. The molecule has 3 heteroatoms. The van der Waals surface area contributed by atoms with E-state index in [1.807, 2.05) is 36.0 Å². The Labute approximate surface area is 127 Å². The summed E-state index contributed by atoms with van der Waals surface area (Å²) in [5.41, 5.74) is 2.64. The van der Waals surface area contributed by atoms with Crippen LogP contribution in [-0.4, -0.2) is 12.4 Å². The normalized spacial score (nSPS) is 10.5. The average molecular weight is 337 g/mol. The van der Waals surface area contributed by atoms with Gasteiger partial charge in [-0.1, -0.05) is 33.6 Å². The molecule has 0 heterocycles. The summed E-state index contributed by atoms with van der Waals surface area (Å²) in [6.07, 6.45) is 0. The van der Waals surface area contributed by atoms with Crippen molar-refractivity contribution >= 4 is 27.7 Å². The molecule has 0 fully saturated rings. The number of rotatable bonds is 5. The first kappa shape index (κ1) is 14.5. The van der Waals surface area contributed by atoms with Crippen LogP contribution in [0.4, 0.5) is 0 Å². The number of hydrogen-bond acceptors (Lipinski definition) is 2. The van der Waals surface area contributed by atoms with Crippen LogP contribution in [0.1, 0.15) is 11.1 Å². The summed E-state index contributed by atoms with van der Waals surface area (Å²) in [7, 11) is 0. The molecule has 0 bridgehead atoms. The van der Waals surface area contributed by atoms with Crippen molar-refractivity contribution in [1.82, 2.24) is 0 Å². The van der Waals surface area contributed by atoms with Gasteiger partial charge in [0.25, 0.3) is 0 Å². The predicted molar refractivity (Wildman–Crippen MR) is 86.3 cm³/mol. The lowest BCUT2D eigenvalue weighted by Gasteiger charge is -2.08. The zero-order chi connectivity index (χ0) is 13.7. The summed E-state index contributed by atoms with van der Waals surface area (Å²) in [5, 5.41) is 0. The molecule has 1 nitrogen and oxygen atoms in total. The first-order valence-corrected chi connectivity index (χ1v) is 8.01. The Morgan fingerprint density at radius 2 is 1.79 bits per heavy atom.